The van der Waals surface area contributed by atoms with Crippen LogP contribution >= 0.6 is 0 Å². The van der Waals surface area contributed by atoms with Crippen LogP contribution in [0.1, 0.15) is 67.5 Å². The minimum Gasteiger partial charge on any atom is -0.0751 e. The molecule has 0 fully saturated rings. The molecule has 9 aromatic carbocycles. The Morgan fingerprint density at radius 3 is 1.46 bits per heavy atom. The highest BCUT2D eigenvalue weighted by Crippen LogP contribution is 2.63. The third kappa shape index (κ3) is 6.07. The van der Waals surface area contributed by atoms with Crippen molar-refractivity contribution in [2.24, 2.45) is 0 Å². The largest absolute Gasteiger partial charge is 0.0751 e. The Labute approximate surface area is 347 Å². The van der Waals surface area contributed by atoms with E-state index in [9.17, 15) is 0 Å². The first-order valence-corrected chi connectivity index (χ1v) is 21.0. The third-order valence-electron chi connectivity index (χ3n) is 13.1. The fourth-order valence-electron chi connectivity index (χ4n) is 10.5. The molecule has 0 aromatic heterocycles. The summed E-state index contributed by atoms with van der Waals surface area (Å²) in [4.78, 5) is 0. The summed E-state index contributed by atoms with van der Waals surface area (Å²) < 4.78 is 0. The molecule has 0 saturated heterocycles. The van der Waals surface area contributed by atoms with E-state index in [0.717, 1.165) is 12.8 Å². The average molecular weight is 753 g/mol. The molecule has 0 heteroatoms. The van der Waals surface area contributed by atoms with Crippen LogP contribution in [0.4, 0.5) is 0 Å². The number of fused-ring (bicyclic) bond motifs is 5. The molecular weight excluding hydrogens is 709 g/mol. The second kappa shape index (κ2) is 14.7. The van der Waals surface area contributed by atoms with Crippen molar-refractivity contribution in [1.82, 2.24) is 0 Å². The van der Waals surface area contributed by atoms with Gasteiger partial charge in [-0.2, -0.15) is 0 Å². The molecule has 9 aromatic rings. The number of allylic oxidation sites excluding steroid dienone is 1. The van der Waals surface area contributed by atoms with Crippen LogP contribution in [0.5, 0.6) is 0 Å². The molecule has 1 atom stereocenters. The van der Waals surface area contributed by atoms with E-state index in [2.05, 4.69) is 231 Å². The van der Waals surface area contributed by atoms with Crippen LogP contribution in [0, 0.1) is 0 Å². The Hall–Kier alpha value is -7.02. The molecule has 0 N–H and O–H groups in total. The summed E-state index contributed by atoms with van der Waals surface area (Å²) in [5, 5.41) is 2.53. The van der Waals surface area contributed by atoms with Crippen molar-refractivity contribution in [1.29, 1.82) is 0 Å². The van der Waals surface area contributed by atoms with Gasteiger partial charge in [-0.3, -0.25) is 0 Å². The summed E-state index contributed by atoms with van der Waals surface area (Å²) in [5.74, 6) is 0.0655. The van der Waals surface area contributed by atoms with Gasteiger partial charge in [0.05, 0.1) is 0 Å². The fourth-order valence-corrected chi connectivity index (χ4v) is 10.5. The lowest BCUT2D eigenvalue weighted by Crippen LogP contribution is -2.40. The Bertz CT molecular complexity index is 2850. The topological polar surface area (TPSA) is 0 Å². The molecule has 2 aliphatic carbocycles. The molecule has 0 aliphatic heterocycles. The zero-order valence-electron chi connectivity index (χ0n) is 33.0. The van der Waals surface area contributed by atoms with E-state index in [1.807, 2.05) is 0 Å². The molecule has 0 heterocycles. The summed E-state index contributed by atoms with van der Waals surface area (Å²) in [6.45, 7) is 0. The predicted molar refractivity (Wildman–Crippen MR) is 247 cm³/mol. The van der Waals surface area contributed by atoms with Crippen molar-refractivity contribution in [3.05, 3.63) is 280 Å². The highest BCUT2D eigenvalue weighted by Gasteiger charge is 2.53. The van der Waals surface area contributed by atoms with E-state index in [-0.39, 0.29) is 11.8 Å². The van der Waals surface area contributed by atoms with Gasteiger partial charge in [-0.15, -0.1) is 0 Å². The van der Waals surface area contributed by atoms with Gasteiger partial charge in [0.25, 0.3) is 0 Å². The first-order chi connectivity index (χ1) is 29.2. The molecule has 0 radical (unpaired) electrons. The van der Waals surface area contributed by atoms with Crippen molar-refractivity contribution < 1.29 is 0 Å². The van der Waals surface area contributed by atoms with Crippen molar-refractivity contribution in [2.75, 3.05) is 0 Å². The highest BCUT2D eigenvalue weighted by molar-refractivity contribution is 5.90. The number of hydrogen-bond donors (Lipinski definition) is 0. The Morgan fingerprint density at radius 2 is 0.881 bits per heavy atom. The van der Waals surface area contributed by atoms with E-state index in [0.29, 0.717) is 0 Å². The maximum Gasteiger partial charge on any atom is 0.0415 e. The SMILES string of the molecule is C1=CC(C(c2ccccc2)(c2ccccc2)C2c3cc(Cc4ccccc4)ccc3-c3ccc(Cc4ccccc4)cc32)c2cccc(-c3ccc4ccccc4c3)c21. The molecule has 0 amide bonds. The molecule has 0 spiro atoms. The van der Waals surface area contributed by atoms with Gasteiger partial charge in [-0.1, -0.05) is 224 Å². The zero-order valence-corrected chi connectivity index (χ0v) is 33.0. The van der Waals surface area contributed by atoms with Gasteiger partial charge in [0.15, 0.2) is 0 Å². The quantitative estimate of drug-likeness (QED) is 0.138. The standard InChI is InChI=1S/C59H44/c1-5-16-41(17-6-1)36-43-28-32-52-53-33-29-44(37-42-18-7-2-8-19-42)39-56(53)58(55(52)38-43)59(48-22-9-3-10-23-48,49-24-11-4-12-25-49)57-35-34-51-50(26-15-27-54(51)57)47-31-30-45-20-13-14-21-46(45)40-47/h1-35,38-40,57-58H,36-37H2. The van der Waals surface area contributed by atoms with Gasteiger partial charge >= 0.3 is 0 Å². The van der Waals surface area contributed by atoms with Crippen LogP contribution in [0.2, 0.25) is 0 Å². The zero-order chi connectivity index (χ0) is 39.2. The van der Waals surface area contributed by atoms with Gasteiger partial charge in [-0.05, 0) is 108 Å². The van der Waals surface area contributed by atoms with E-state index in [1.165, 1.54) is 88.7 Å². The summed E-state index contributed by atoms with van der Waals surface area (Å²) >= 11 is 0. The van der Waals surface area contributed by atoms with Crippen LogP contribution in [0.25, 0.3) is 39.1 Å². The molecule has 0 nitrogen and oxygen atoms in total. The first-order valence-electron chi connectivity index (χ1n) is 21.0. The van der Waals surface area contributed by atoms with E-state index < -0.39 is 5.41 Å². The van der Waals surface area contributed by atoms with Crippen LogP contribution < -0.4 is 0 Å². The Morgan fingerprint density at radius 1 is 0.356 bits per heavy atom. The van der Waals surface area contributed by atoms with Gasteiger partial charge in [-0.25, -0.2) is 0 Å². The van der Waals surface area contributed by atoms with Crippen molar-refractivity contribution in [3.8, 4) is 22.3 Å². The minimum absolute atomic E-state index is 0.0219. The van der Waals surface area contributed by atoms with Gasteiger partial charge in [0.1, 0.15) is 0 Å². The van der Waals surface area contributed by atoms with Crippen LogP contribution in [-0.2, 0) is 18.3 Å². The van der Waals surface area contributed by atoms with Crippen LogP contribution in [-0.4, -0.2) is 0 Å². The molecule has 0 saturated carbocycles. The summed E-state index contributed by atoms with van der Waals surface area (Å²) in [7, 11) is 0. The number of rotatable bonds is 9. The van der Waals surface area contributed by atoms with Crippen LogP contribution in [0.3, 0.4) is 0 Å². The van der Waals surface area contributed by atoms with Crippen LogP contribution in [0.15, 0.2) is 224 Å². The molecular formula is C59H44. The van der Waals surface area contributed by atoms with E-state index in [1.54, 1.807) is 0 Å². The normalized spacial score (nSPS) is 14.3. The molecule has 1 unspecified atom stereocenters. The van der Waals surface area contributed by atoms with E-state index >= 15 is 0 Å². The second-order valence-corrected chi connectivity index (χ2v) is 16.4. The maximum absolute atomic E-state index is 2.55. The molecule has 0 bridgehead atoms. The number of benzene rings is 9. The van der Waals surface area contributed by atoms with Crippen molar-refractivity contribution in [3.63, 3.8) is 0 Å². The lowest BCUT2D eigenvalue weighted by Gasteiger charge is -2.46. The summed E-state index contributed by atoms with van der Waals surface area (Å²) in [6, 6.07) is 82.0. The van der Waals surface area contributed by atoms with Gasteiger partial charge in [0.2, 0.25) is 0 Å². The van der Waals surface area contributed by atoms with Gasteiger partial charge in [0, 0.05) is 17.3 Å². The molecule has 59 heavy (non-hydrogen) atoms. The first kappa shape index (κ1) is 35.2. The van der Waals surface area contributed by atoms with Crippen molar-refractivity contribution in [2.45, 2.75) is 30.1 Å². The minimum atomic E-state index is -0.497. The fraction of sp³-hybridized carbons (Fsp3) is 0.0847. The van der Waals surface area contributed by atoms with Crippen molar-refractivity contribution >= 4 is 16.8 Å². The van der Waals surface area contributed by atoms with E-state index in [4.69, 9.17) is 0 Å². The predicted octanol–water partition coefficient (Wildman–Crippen LogP) is 14.6. The summed E-state index contributed by atoms with van der Waals surface area (Å²) in [6.07, 6.45) is 6.75. The lowest BCUT2D eigenvalue weighted by molar-refractivity contribution is 0.416. The average Bonchev–Trinajstić information content (AvgIpc) is 3.88. The van der Waals surface area contributed by atoms with Gasteiger partial charge < -0.3 is 0 Å². The lowest BCUT2D eigenvalue weighted by atomic mass is 9.55. The molecule has 11 rings (SSSR count). The maximum atomic E-state index is 2.55. The Kier molecular flexibility index (Phi) is 8.78. The molecule has 2 aliphatic rings. The smallest absolute Gasteiger partial charge is 0.0415 e. The highest BCUT2D eigenvalue weighted by atomic mass is 14.5. The number of hydrogen-bond acceptors (Lipinski definition) is 0. The molecule has 280 valence electrons. The monoisotopic (exact) mass is 752 g/mol. The second-order valence-electron chi connectivity index (χ2n) is 16.4. The summed E-state index contributed by atoms with van der Waals surface area (Å²) in [5.41, 5.74) is 18.2. The Balaban J connectivity index is 1.17. The third-order valence-corrected chi connectivity index (χ3v) is 13.1.